The van der Waals surface area contributed by atoms with Crippen LogP contribution in [0, 0.1) is 0 Å². The molecule has 0 saturated carbocycles. The highest BCUT2D eigenvalue weighted by molar-refractivity contribution is 5.78. The SMILES string of the molecule is O=C(Cn1nnc2ccccc2c1=O)NCC(F)(F)F. The smallest absolute Gasteiger partial charge is 0.345 e. The summed E-state index contributed by atoms with van der Waals surface area (Å²) in [6.45, 7) is -2.08. The van der Waals surface area contributed by atoms with E-state index in [1.165, 1.54) is 6.07 Å². The van der Waals surface area contributed by atoms with Crippen molar-refractivity contribution in [2.45, 2.75) is 12.7 Å². The minimum absolute atomic E-state index is 0.242. The summed E-state index contributed by atoms with van der Waals surface area (Å²) in [7, 11) is 0. The summed E-state index contributed by atoms with van der Waals surface area (Å²) in [5, 5.41) is 9.11. The third kappa shape index (κ3) is 3.31. The van der Waals surface area contributed by atoms with Crippen molar-refractivity contribution in [1.82, 2.24) is 20.3 Å². The van der Waals surface area contributed by atoms with E-state index in [-0.39, 0.29) is 5.39 Å². The first-order valence-electron chi connectivity index (χ1n) is 5.53. The lowest BCUT2D eigenvalue weighted by Crippen LogP contribution is -2.38. The van der Waals surface area contributed by atoms with Gasteiger partial charge in [-0.3, -0.25) is 9.59 Å². The Morgan fingerprint density at radius 2 is 2.00 bits per heavy atom. The third-order valence-corrected chi connectivity index (χ3v) is 2.41. The van der Waals surface area contributed by atoms with E-state index in [0.717, 1.165) is 0 Å². The predicted octanol–water partition coefficient (Wildman–Crippen LogP) is 0.470. The summed E-state index contributed by atoms with van der Waals surface area (Å²) >= 11 is 0. The molecule has 0 saturated heterocycles. The van der Waals surface area contributed by atoms with Crippen molar-refractivity contribution in [1.29, 1.82) is 0 Å². The van der Waals surface area contributed by atoms with Gasteiger partial charge in [-0.1, -0.05) is 17.3 Å². The Hall–Kier alpha value is -2.45. The maximum atomic E-state index is 11.9. The van der Waals surface area contributed by atoms with Gasteiger partial charge in [-0.05, 0) is 12.1 Å². The van der Waals surface area contributed by atoms with Crippen LogP contribution in [-0.4, -0.2) is 33.6 Å². The number of aromatic nitrogens is 3. The fraction of sp³-hybridized carbons (Fsp3) is 0.273. The van der Waals surface area contributed by atoms with Gasteiger partial charge in [-0.25, -0.2) is 4.68 Å². The summed E-state index contributed by atoms with van der Waals surface area (Å²) in [5.74, 6) is -0.964. The largest absolute Gasteiger partial charge is 0.405 e. The van der Waals surface area contributed by atoms with Crippen molar-refractivity contribution in [3.05, 3.63) is 34.6 Å². The van der Waals surface area contributed by atoms with Crippen LogP contribution in [0.5, 0.6) is 0 Å². The molecule has 0 radical (unpaired) electrons. The second-order valence-corrected chi connectivity index (χ2v) is 3.96. The number of hydrogen-bond donors (Lipinski definition) is 1. The molecule has 0 aliphatic carbocycles. The van der Waals surface area contributed by atoms with Crippen LogP contribution in [0.3, 0.4) is 0 Å². The lowest BCUT2D eigenvalue weighted by molar-refractivity contribution is -0.138. The monoisotopic (exact) mass is 286 g/mol. The van der Waals surface area contributed by atoms with Gasteiger partial charge in [0.05, 0.1) is 5.39 Å². The molecule has 1 heterocycles. The summed E-state index contributed by atoms with van der Waals surface area (Å²) in [4.78, 5) is 23.2. The van der Waals surface area contributed by atoms with E-state index in [1.807, 2.05) is 0 Å². The van der Waals surface area contributed by atoms with Crippen LogP contribution < -0.4 is 10.9 Å². The molecule has 2 rings (SSSR count). The fourth-order valence-corrected chi connectivity index (χ4v) is 1.52. The van der Waals surface area contributed by atoms with Gasteiger partial charge >= 0.3 is 6.18 Å². The first kappa shape index (κ1) is 14.0. The van der Waals surface area contributed by atoms with Crippen molar-refractivity contribution in [2.75, 3.05) is 6.54 Å². The highest BCUT2D eigenvalue weighted by Crippen LogP contribution is 2.12. The lowest BCUT2D eigenvalue weighted by Gasteiger charge is -2.08. The zero-order valence-electron chi connectivity index (χ0n) is 10.0. The number of rotatable bonds is 3. The number of hydrogen-bond acceptors (Lipinski definition) is 4. The maximum Gasteiger partial charge on any atom is 0.405 e. The number of nitrogens with zero attached hydrogens (tertiary/aromatic N) is 3. The first-order chi connectivity index (χ1) is 9.37. The maximum absolute atomic E-state index is 11.9. The zero-order valence-corrected chi connectivity index (χ0v) is 10.0. The number of fused-ring (bicyclic) bond motifs is 1. The molecule has 1 amide bonds. The van der Waals surface area contributed by atoms with E-state index in [4.69, 9.17) is 0 Å². The van der Waals surface area contributed by atoms with Crippen molar-refractivity contribution in [3.8, 4) is 0 Å². The van der Waals surface area contributed by atoms with Crippen molar-refractivity contribution >= 4 is 16.8 Å². The molecule has 1 aromatic carbocycles. The molecular formula is C11H9F3N4O2. The molecule has 0 aliphatic heterocycles. The predicted molar refractivity (Wildman–Crippen MR) is 62.9 cm³/mol. The molecule has 2 aromatic rings. The Bertz CT molecular complexity index is 696. The van der Waals surface area contributed by atoms with Gasteiger partial charge in [-0.15, -0.1) is 5.10 Å². The summed E-state index contributed by atoms with van der Waals surface area (Å²) in [6, 6.07) is 6.34. The van der Waals surface area contributed by atoms with Crippen LogP contribution in [0.15, 0.2) is 29.1 Å². The molecule has 0 fully saturated rings. The number of benzene rings is 1. The van der Waals surface area contributed by atoms with Gasteiger partial charge in [0.2, 0.25) is 5.91 Å². The van der Waals surface area contributed by atoms with Gasteiger partial charge in [-0.2, -0.15) is 13.2 Å². The van der Waals surface area contributed by atoms with Gasteiger partial charge in [0.1, 0.15) is 18.6 Å². The van der Waals surface area contributed by atoms with E-state index in [0.29, 0.717) is 10.2 Å². The molecule has 0 bridgehead atoms. The molecule has 6 nitrogen and oxygen atoms in total. The quantitative estimate of drug-likeness (QED) is 0.889. The van der Waals surface area contributed by atoms with E-state index in [2.05, 4.69) is 10.3 Å². The van der Waals surface area contributed by atoms with Gasteiger partial charge in [0, 0.05) is 0 Å². The Labute approximate surface area is 110 Å². The number of nitrogens with one attached hydrogen (secondary N) is 1. The molecule has 1 N–H and O–H groups in total. The summed E-state index contributed by atoms with van der Waals surface area (Å²) < 4.78 is 36.5. The number of carbonyl (C=O) groups is 1. The molecular weight excluding hydrogens is 277 g/mol. The number of alkyl halides is 3. The summed E-state index contributed by atoms with van der Waals surface area (Å²) in [5.41, 5.74) is -0.234. The topological polar surface area (TPSA) is 76.9 Å². The van der Waals surface area contributed by atoms with Crippen LogP contribution in [0.2, 0.25) is 0 Å². The standard InChI is InChI=1S/C11H9F3N4O2/c12-11(13,14)6-15-9(19)5-18-10(20)7-3-1-2-4-8(7)16-17-18/h1-4H,5-6H2,(H,15,19). The minimum atomic E-state index is -4.50. The molecule has 0 atom stereocenters. The fourth-order valence-electron chi connectivity index (χ4n) is 1.52. The second-order valence-electron chi connectivity index (χ2n) is 3.96. The number of amides is 1. The van der Waals surface area contributed by atoms with Crippen LogP contribution in [0.25, 0.3) is 10.9 Å². The molecule has 0 spiro atoms. The highest BCUT2D eigenvalue weighted by atomic mass is 19.4. The molecule has 106 valence electrons. The molecule has 0 unspecified atom stereocenters. The normalized spacial score (nSPS) is 11.6. The number of halogens is 3. The number of carbonyl (C=O) groups excluding carboxylic acids is 1. The lowest BCUT2D eigenvalue weighted by atomic mass is 10.2. The van der Waals surface area contributed by atoms with Crippen LogP contribution in [0.1, 0.15) is 0 Å². The zero-order chi connectivity index (χ0) is 14.8. The van der Waals surface area contributed by atoms with Crippen molar-refractivity contribution in [2.24, 2.45) is 0 Å². The average Bonchev–Trinajstić information content (AvgIpc) is 2.39. The highest BCUT2D eigenvalue weighted by Gasteiger charge is 2.27. The average molecular weight is 286 g/mol. The molecule has 20 heavy (non-hydrogen) atoms. The van der Waals surface area contributed by atoms with Gasteiger partial charge in [0.25, 0.3) is 5.56 Å². The third-order valence-electron chi connectivity index (χ3n) is 2.41. The van der Waals surface area contributed by atoms with Crippen LogP contribution in [-0.2, 0) is 11.3 Å². The van der Waals surface area contributed by atoms with Gasteiger partial charge < -0.3 is 5.32 Å². The van der Waals surface area contributed by atoms with E-state index >= 15 is 0 Å². The molecule has 9 heteroatoms. The molecule has 1 aromatic heterocycles. The second kappa shape index (κ2) is 5.27. The van der Waals surface area contributed by atoms with E-state index in [9.17, 15) is 22.8 Å². The Morgan fingerprint density at radius 1 is 1.30 bits per heavy atom. The minimum Gasteiger partial charge on any atom is -0.345 e. The van der Waals surface area contributed by atoms with Crippen LogP contribution >= 0.6 is 0 Å². The Kier molecular flexibility index (Phi) is 3.68. The summed E-state index contributed by atoms with van der Waals surface area (Å²) in [6.07, 6.45) is -4.50. The Morgan fingerprint density at radius 3 is 2.70 bits per heavy atom. The Balaban J connectivity index is 2.16. The van der Waals surface area contributed by atoms with E-state index < -0.39 is 30.7 Å². The first-order valence-corrected chi connectivity index (χ1v) is 5.53. The molecule has 0 aliphatic rings. The van der Waals surface area contributed by atoms with Gasteiger partial charge in [0.15, 0.2) is 0 Å². The van der Waals surface area contributed by atoms with Crippen LogP contribution in [0.4, 0.5) is 13.2 Å². The van der Waals surface area contributed by atoms with Crippen molar-refractivity contribution < 1.29 is 18.0 Å². The van der Waals surface area contributed by atoms with E-state index in [1.54, 1.807) is 23.5 Å². The van der Waals surface area contributed by atoms with Crippen molar-refractivity contribution in [3.63, 3.8) is 0 Å².